The third-order valence-electron chi connectivity index (χ3n) is 17.0. The lowest BCUT2D eigenvalue weighted by Gasteiger charge is -2.41. The molecule has 5 N–H and O–H groups in total. The van der Waals surface area contributed by atoms with Gasteiger partial charge in [0.05, 0.1) is 25.9 Å². The number of amides is 11. The zero-order valence-electron chi connectivity index (χ0n) is 61.1. The predicted molar refractivity (Wildman–Crippen MR) is 359 cm³/mol. The molecule has 26 nitrogen and oxygen atoms in total. The van der Waals surface area contributed by atoms with Gasteiger partial charge in [0, 0.05) is 56.3 Å². The molecule has 0 aromatic carbocycles. The van der Waals surface area contributed by atoms with E-state index in [0.29, 0.717) is 6.42 Å². The largest absolute Gasteiger partial charge is 0.462 e. The second-order valence-corrected chi connectivity index (χ2v) is 27.7. The molecule has 1 saturated heterocycles. The van der Waals surface area contributed by atoms with Crippen molar-refractivity contribution in [3.63, 3.8) is 0 Å². The Morgan fingerprint density at radius 1 is 0.511 bits per heavy atom. The van der Waals surface area contributed by atoms with Gasteiger partial charge in [-0.2, -0.15) is 0 Å². The van der Waals surface area contributed by atoms with E-state index in [9.17, 15) is 43.5 Å². The highest BCUT2D eigenvalue weighted by molar-refractivity contribution is 5.99. The Hall–Kier alpha value is -6.96. The van der Waals surface area contributed by atoms with E-state index in [0.717, 1.165) is 9.80 Å². The van der Waals surface area contributed by atoms with Crippen molar-refractivity contribution >= 4 is 70.9 Å². The van der Waals surface area contributed by atoms with E-state index in [-0.39, 0.29) is 69.0 Å². The van der Waals surface area contributed by atoms with Gasteiger partial charge < -0.3 is 70.1 Å². The molecule has 11 amide bonds. The van der Waals surface area contributed by atoms with Crippen molar-refractivity contribution in [1.29, 1.82) is 0 Å². The first kappa shape index (κ1) is 85.1. The van der Waals surface area contributed by atoms with Gasteiger partial charge in [-0.3, -0.25) is 57.5 Å². The van der Waals surface area contributed by atoms with E-state index >= 15 is 19.2 Å². The summed E-state index contributed by atoms with van der Waals surface area (Å²) in [7, 11) is 9.76. The summed E-state index contributed by atoms with van der Waals surface area (Å²) in [6, 6.07) is -13.2. The highest BCUT2D eigenvalue weighted by Crippen LogP contribution is 2.26. The predicted octanol–water partition coefficient (Wildman–Crippen LogP) is 3.39. The monoisotopic (exact) mass is 1330 g/mol. The van der Waals surface area contributed by atoms with Gasteiger partial charge in [-0.1, -0.05) is 115 Å². The van der Waals surface area contributed by atoms with Crippen LogP contribution >= 0.6 is 0 Å². The molecule has 0 radical (unpaired) electrons. The number of hydrogen-bond donors (Lipinski definition) is 5. The van der Waals surface area contributed by atoms with Crippen LogP contribution in [-0.2, 0) is 67.0 Å². The van der Waals surface area contributed by atoms with Crippen LogP contribution in [0.3, 0.4) is 0 Å². The van der Waals surface area contributed by atoms with Crippen molar-refractivity contribution in [2.75, 3.05) is 75.7 Å². The molecule has 1 rings (SSSR count). The summed E-state index contributed by atoms with van der Waals surface area (Å²) in [6.07, 6.45) is 5.81. The normalized spacial score (nSPS) is 25.5. The molecule has 536 valence electrons. The van der Waals surface area contributed by atoms with Gasteiger partial charge in [0.25, 0.3) is 0 Å². The minimum Gasteiger partial charge on any atom is -0.462 e. The molecule has 0 spiro atoms. The van der Waals surface area contributed by atoms with Gasteiger partial charge in [-0.05, 0) is 99.9 Å². The molecule has 94 heavy (non-hydrogen) atoms. The van der Waals surface area contributed by atoms with Crippen LogP contribution in [-0.4, -0.2) is 253 Å². The number of allylic oxidation sites excluding steroid dienone is 2. The van der Waals surface area contributed by atoms with Crippen molar-refractivity contribution in [2.45, 2.75) is 223 Å². The molecule has 0 unspecified atom stereocenters. The minimum atomic E-state index is -1.64. The number of nitrogens with one attached hydrogen (secondary N) is 4. The quantitative estimate of drug-likeness (QED) is 0.0625. The average Bonchev–Trinajstić information content (AvgIpc) is 0.808. The number of nitrogens with zero attached hydrogens (tertiary/aromatic N) is 7. The molecular formula is C68H119N11O15. The van der Waals surface area contributed by atoms with E-state index in [1.54, 1.807) is 66.7 Å². The first-order valence-corrected chi connectivity index (χ1v) is 33.3. The van der Waals surface area contributed by atoms with Crippen molar-refractivity contribution in [1.82, 2.24) is 55.6 Å². The molecule has 1 aliphatic rings. The summed E-state index contributed by atoms with van der Waals surface area (Å²) in [5.41, 5.74) is 0. The average molecular weight is 1330 g/mol. The van der Waals surface area contributed by atoms with E-state index in [2.05, 4.69) is 21.3 Å². The van der Waals surface area contributed by atoms with Gasteiger partial charge >= 0.3 is 5.97 Å². The van der Waals surface area contributed by atoms with Crippen molar-refractivity contribution in [3.8, 4) is 0 Å². The smallest absolute Gasteiger partial charge is 0.302 e. The highest BCUT2D eigenvalue weighted by atomic mass is 16.5. The summed E-state index contributed by atoms with van der Waals surface area (Å²) >= 11 is 0. The van der Waals surface area contributed by atoms with Gasteiger partial charge in [0.2, 0.25) is 65.0 Å². The molecular weight excluding hydrogens is 1210 g/mol. The summed E-state index contributed by atoms with van der Waals surface area (Å²) in [5, 5.41) is 23.2. The topological polar surface area (TPSA) is 314 Å². The Bertz CT molecular complexity index is 2610. The maximum Gasteiger partial charge on any atom is 0.302 e. The number of rotatable bonds is 21. The van der Waals surface area contributed by atoms with Gasteiger partial charge in [-0.15, -0.1) is 0 Å². The lowest BCUT2D eigenvalue weighted by molar-refractivity contribution is -0.157. The van der Waals surface area contributed by atoms with Crippen molar-refractivity contribution in [3.05, 3.63) is 24.3 Å². The fraction of sp³-hybridized carbons (Fsp3) is 0.765. The zero-order chi connectivity index (χ0) is 72.5. The first-order chi connectivity index (χ1) is 43.6. The maximum absolute atomic E-state index is 15.3. The summed E-state index contributed by atoms with van der Waals surface area (Å²) in [4.78, 5) is 182. The summed E-state index contributed by atoms with van der Waals surface area (Å²) in [5.74, 6) is -11.1. The Balaban J connectivity index is 4.48. The molecule has 1 heterocycles. The second-order valence-electron chi connectivity index (χ2n) is 27.7. The van der Waals surface area contributed by atoms with E-state index in [1.807, 2.05) is 55.4 Å². The summed E-state index contributed by atoms with van der Waals surface area (Å²) < 4.78 is 10.9. The lowest BCUT2D eigenvalue weighted by Crippen LogP contribution is -2.63. The van der Waals surface area contributed by atoms with Crippen LogP contribution in [0.5, 0.6) is 0 Å². The van der Waals surface area contributed by atoms with E-state index < -0.39 is 168 Å². The fourth-order valence-electron chi connectivity index (χ4n) is 11.2. The third-order valence-corrected chi connectivity index (χ3v) is 17.0. The number of aliphatic hydroxyl groups excluding tert-OH is 1. The van der Waals surface area contributed by atoms with Crippen molar-refractivity contribution in [2.24, 2.45) is 41.4 Å². The van der Waals surface area contributed by atoms with E-state index in [1.165, 1.54) is 93.8 Å². The van der Waals surface area contributed by atoms with Crippen LogP contribution in [0, 0.1) is 41.4 Å². The lowest BCUT2D eigenvalue weighted by atomic mass is 9.91. The highest BCUT2D eigenvalue weighted by Gasteiger charge is 2.46. The Labute approximate surface area is 560 Å². The Morgan fingerprint density at radius 3 is 1.44 bits per heavy atom. The van der Waals surface area contributed by atoms with Crippen LogP contribution in [0.4, 0.5) is 0 Å². The molecule has 1 aliphatic heterocycles. The Morgan fingerprint density at radius 2 is 0.957 bits per heavy atom. The number of aliphatic hydroxyl groups is 1. The first-order valence-electron chi connectivity index (χ1n) is 33.3. The number of esters is 1. The maximum atomic E-state index is 15.3. The van der Waals surface area contributed by atoms with Crippen LogP contribution in [0.25, 0.3) is 0 Å². The number of ether oxygens (including phenoxy) is 2. The zero-order valence-corrected chi connectivity index (χ0v) is 61.1. The standard InChI is InChI=1S/C68H119N11O15/c1-25-27-30-45(15)58(82)57-62(86)70-48(26-2)63(87)73(18)37-54(81)74(19)50(33-39(3)4)61(85)72-55(43(11)12)67(91)75(20)51(34-40(5)6)60(84)69-46(16)59(83)71-49(38-93-31-28-29-32-94-47(17)80)64(88)76(21)52(35-41(7)8)65(89)77(22)53(36-42(9)10)66(90)78(23)56(44(13)14)68(92)79(57)24/h25,27-29,39-46,48-53,55-58,82H,26,30-38H2,1-24H3,(H,69,84)(H,70,86)(H,71,83)(H,72,85)/b27-25+,29-28+/t45-,46+,48+,49-,50+,51+,52+,53+,55+,56+,57+,58-/m1/s1. The third kappa shape index (κ3) is 25.6. The van der Waals surface area contributed by atoms with Gasteiger partial charge in [-0.25, -0.2) is 0 Å². The minimum absolute atomic E-state index is 0.00409. The molecule has 0 saturated carbocycles. The van der Waals surface area contributed by atoms with Crippen LogP contribution in [0.15, 0.2) is 24.3 Å². The molecule has 12 atom stereocenters. The number of hydrogen-bond acceptors (Lipinski definition) is 15. The second kappa shape index (κ2) is 40.4. The van der Waals surface area contributed by atoms with Crippen molar-refractivity contribution < 1.29 is 72.1 Å². The molecule has 0 aromatic rings. The van der Waals surface area contributed by atoms with Crippen LogP contribution < -0.4 is 21.3 Å². The molecule has 0 bridgehead atoms. The molecule has 0 aliphatic carbocycles. The van der Waals surface area contributed by atoms with Crippen LogP contribution in [0.1, 0.15) is 156 Å². The molecule has 26 heteroatoms. The van der Waals surface area contributed by atoms with E-state index in [4.69, 9.17) is 9.47 Å². The molecule has 1 fully saturated rings. The fourth-order valence-corrected chi connectivity index (χ4v) is 11.2. The molecule has 0 aromatic heterocycles. The number of carbonyl (C=O) groups is 12. The van der Waals surface area contributed by atoms with Gasteiger partial charge in [0.1, 0.15) is 67.0 Å². The SMILES string of the molecule is C/C=C/C[C@@H](C)[C@@H](O)[C@H]1C(=O)N[C@@H](CC)C(=O)N(C)CC(=O)N(C)[C@@H](CC(C)C)C(=O)N[C@@H](C(C)C)C(=O)N(C)[C@@H](CC(C)C)C(=O)N[C@@H](C)C(=O)N[C@H](COC/C=C/COC(C)=O)C(=O)N(C)[C@@H](CC(C)C)C(=O)N(C)[C@@H](CC(C)C)C(=O)N(C)[C@@H](C(C)C)C(=O)N1C. The van der Waals surface area contributed by atoms with Gasteiger partial charge in [0.15, 0.2) is 0 Å². The summed E-state index contributed by atoms with van der Waals surface area (Å²) in [6.45, 7) is 28.2. The number of likely N-dealkylation sites (N-methyl/N-ethyl adjacent to an activating group) is 7. The number of carbonyl (C=O) groups excluding carboxylic acids is 12. The van der Waals surface area contributed by atoms with Crippen LogP contribution in [0.2, 0.25) is 0 Å². The Kier molecular flexibility index (Phi) is 36.6.